The second-order valence-corrected chi connectivity index (χ2v) is 6.68. The summed E-state index contributed by atoms with van der Waals surface area (Å²) < 4.78 is 13.2. The van der Waals surface area contributed by atoms with Gasteiger partial charge in [0.05, 0.1) is 11.4 Å². The molecule has 0 radical (unpaired) electrons. The topological polar surface area (TPSA) is 121 Å². The van der Waals surface area contributed by atoms with E-state index in [1.54, 1.807) is 0 Å². The molecule has 0 fully saturated rings. The van der Waals surface area contributed by atoms with Crippen LogP contribution in [-0.2, 0) is 9.59 Å². The van der Waals surface area contributed by atoms with E-state index in [2.05, 4.69) is 25.9 Å². The first-order valence-corrected chi connectivity index (χ1v) is 9.00. The summed E-state index contributed by atoms with van der Waals surface area (Å²) in [5, 5.41) is 7.82. The summed E-state index contributed by atoms with van der Waals surface area (Å²) in [6.07, 6.45) is -0.217. The number of guanidine groups is 2. The van der Waals surface area contributed by atoms with Crippen molar-refractivity contribution in [1.82, 2.24) is 5.32 Å². The second-order valence-electron chi connectivity index (χ2n) is 6.28. The number of carbonyl (C=O) groups excluding carboxylic acids is 2. The Morgan fingerprint density at radius 2 is 2.07 bits per heavy atom. The Morgan fingerprint density at radius 3 is 2.79 bits per heavy atom. The number of amides is 2. The zero-order valence-electron chi connectivity index (χ0n) is 15.4. The number of rotatable bonds is 4. The van der Waals surface area contributed by atoms with Crippen molar-refractivity contribution in [2.24, 2.45) is 15.7 Å². The number of carbonyl (C=O) groups is 2. The van der Waals surface area contributed by atoms with Gasteiger partial charge in [-0.1, -0.05) is 29.8 Å². The van der Waals surface area contributed by atoms with Gasteiger partial charge < -0.3 is 16.4 Å². The van der Waals surface area contributed by atoms with Crippen molar-refractivity contribution in [2.45, 2.75) is 19.4 Å². The largest absolute Gasteiger partial charge is 0.369 e. The maximum Gasteiger partial charge on any atom is 0.252 e. The summed E-state index contributed by atoms with van der Waals surface area (Å²) in [7, 11) is 0. The van der Waals surface area contributed by atoms with E-state index >= 15 is 0 Å². The predicted molar refractivity (Wildman–Crippen MR) is 110 cm³/mol. The Kier molecular flexibility index (Phi) is 6.08. The molecule has 1 unspecified atom stereocenters. The van der Waals surface area contributed by atoms with Crippen molar-refractivity contribution in [3.05, 3.63) is 58.9 Å². The highest BCUT2D eigenvalue weighted by Crippen LogP contribution is 2.20. The highest BCUT2D eigenvalue weighted by Gasteiger charge is 2.28. The molecule has 0 aliphatic carbocycles. The number of nitrogens with zero attached hydrogens (tertiary/aromatic N) is 2. The molecule has 3 rings (SSSR count). The van der Waals surface area contributed by atoms with Crippen LogP contribution in [0.3, 0.4) is 0 Å². The number of anilines is 2. The van der Waals surface area contributed by atoms with Crippen LogP contribution < -0.4 is 21.7 Å². The summed E-state index contributed by atoms with van der Waals surface area (Å²) in [6, 6.07) is 10.3. The monoisotopic (exact) mass is 416 g/mol. The Bertz CT molecular complexity index is 1020. The zero-order valence-corrected chi connectivity index (χ0v) is 16.1. The van der Waals surface area contributed by atoms with Gasteiger partial charge in [0.2, 0.25) is 17.8 Å². The number of nitrogens with one attached hydrogen (secondary N) is 3. The third kappa shape index (κ3) is 5.29. The smallest absolute Gasteiger partial charge is 0.252 e. The lowest BCUT2D eigenvalue weighted by molar-refractivity contribution is -0.123. The van der Waals surface area contributed by atoms with Gasteiger partial charge >= 0.3 is 0 Å². The molecule has 2 aromatic rings. The van der Waals surface area contributed by atoms with Crippen molar-refractivity contribution in [1.29, 1.82) is 0 Å². The van der Waals surface area contributed by atoms with E-state index in [0.29, 0.717) is 5.69 Å². The summed E-state index contributed by atoms with van der Waals surface area (Å²) in [5.74, 6) is -1.49. The maximum atomic E-state index is 13.2. The van der Waals surface area contributed by atoms with Crippen LogP contribution >= 0.6 is 11.6 Å². The minimum atomic E-state index is -0.948. The van der Waals surface area contributed by atoms with E-state index in [4.69, 9.17) is 17.3 Å². The van der Waals surface area contributed by atoms with Crippen molar-refractivity contribution in [2.75, 3.05) is 10.6 Å². The first kappa shape index (κ1) is 20.3. The molecule has 5 N–H and O–H groups in total. The second kappa shape index (κ2) is 8.70. The normalized spacial score (nSPS) is 16.2. The molecule has 2 amide bonds. The van der Waals surface area contributed by atoms with E-state index in [1.165, 1.54) is 12.1 Å². The highest BCUT2D eigenvalue weighted by molar-refractivity contribution is 6.31. The molecule has 29 heavy (non-hydrogen) atoms. The Balaban J connectivity index is 1.62. The number of benzene rings is 2. The van der Waals surface area contributed by atoms with E-state index in [0.717, 1.165) is 17.3 Å². The lowest BCUT2D eigenvalue weighted by Gasteiger charge is -2.07. The van der Waals surface area contributed by atoms with Crippen LogP contribution in [0.2, 0.25) is 5.02 Å². The summed E-state index contributed by atoms with van der Waals surface area (Å²) in [6.45, 7) is 1.91. The molecule has 1 atom stereocenters. The van der Waals surface area contributed by atoms with Gasteiger partial charge in [-0.2, -0.15) is 4.99 Å². The highest BCUT2D eigenvalue weighted by atomic mass is 35.5. The molecule has 8 nitrogen and oxygen atoms in total. The molecule has 1 heterocycles. The predicted octanol–water partition coefficient (Wildman–Crippen LogP) is 2.40. The minimum Gasteiger partial charge on any atom is -0.369 e. The molecule has 150 valence electrons. The zero-order chi connectivity index (χ0) is 21.0. The molecule has 1 aliphatic heterocycles. The molecule has 0 saturated carbocycles. The van der Waals surface area contributed by atoms with Crippen molar-refractivity contribution in [3.63, 3.8) is 0 Å². The molecular formula is C19H18ClFN6O2. The van der Waals surface area contributed by atoms with Gasteiger partial charge in [-0.05, 0) is 36.8 Å². The molecule has 2 aromatic carbocycles. The van der Waals surface area contributed by atoms with Gasteiger partial charge in [0.25, 0.3) is 5.91 Å². The molecule has 0 spiro atoms. The van der Waals surface area contributed by atoms with Crippen molar-refractivity contribution >= 4 is 46.7 Å². The quantitative estimate of drug-likeness (QED) is 0.451. The van der Waals surface area contributed by atoms with Gasteiger partial charge in [0.15, 0.2) is 0 Å². The lowest BCUT2D eigenvalue weighted by Crippen LogP contribution is -2.32. The number of aliphatic imine (C=N–C) groups is 2. The van der Waals surface area contributed by atoms with Crippen LogP contribution in [0.1, 0.15) is 12.0 Å². The molecule has 0 bridgehead atoms. The van der Waals surface area contributed by atoms with Crippen LogP contribution in [0.15, 0.2) is 52.4 Å². The molecule has 0 saturated heterocycles. The summed E-state index contributed by atoms with van der Waals surface area (Å²) in [4.78, 5) is 32.3. The maximum absolute atomic E-state index is 13.2. The number of aryl methyl sites for hydroxylation is 1. The number of hydrogen-bond acceptors (Lipinski definition) is 4. The van der Waals surface area contributed by atoms with E-state index in [1.807, 2.05) is 31.2 Å². The third-order valence-electron chi connectivity index (χ3n) is 4.03. The first-order chi connectivity index (χ1) is 13.8. The average Bonchev–Trinajstić information content (AvgIpc) is 2.98. The van der Waals surface area contributed by atoms with E-state index < -0.39 is 23.7 Å². The molecular weight excluding hydrogens is 399 g/mol. The fourth-order valence-electron chi connectivity index (χ4n) is 2.58. The minimum absolute atomic E-state index is 0.0104. The number of halogens is 2. The molecule has 0 aromatic heterocycles. The standard InChI is InChI=1S/C19H18ClFN6O2/c1-10-4-2-3-5-14(10)24-18(22)27-19-25-15(17(29)26-19)9-16(28)23-11-6-7-13(21)12(20)8-11/h2-8,15H,9H2,1H3,(H,23,28)(H4,22,24,25,26,27,29). The van der Waals surface area contributed by atoms with Crippen LogP contribution in [0, 0.1) is 12.7 Å². The van der Waals surface area contributed by atoms with Crippen LogP contribution in [-0.4, -0.2) is 29.8 Å². The SMILES string of the molecule is Cc1ccccc1N/C(N)=N/C1=NC(CC(=O)Nc2ccc(F)c(Cl)c2)C(=O)N1. The van der Waals surface area contributed by atoms with Gasteiger partial charge in [-0.3, -0.25) is 14.9 Å². The fourth-order valence-corrected chi connectivity index (χ4v) is 2.76. The Morgan fingerprint density at radius 1 is 1.31 bits per heavy atom. The van der Waals surface area contributed by atoms with Crippen LogP contribution in [0.5, 0.6) is 0 Å². The van der Waals surface area contributed by atoms with E-state index in [-0.39, 0.29) is 23.4 Å². The van der Waals surface area contributed by atoms with Crippen molar-refractivity contribution in [3.8, 4) is 0 Å². The van der Waals surface area contributed by atoms with Gasteiger partial charge in [-0.25, -0.2) is 9.38 Å². The van der Waals surface area contributed by atoms with Crippen molar-refractivity contribution < 1.29 is 14.0 Å². The number of hydrogen-bond donors (Lipinski definition) is 4. The van der Waals surface area contributed by atoms with Gasteiger partial charge in [0.1, 0.15) is 11.9 Å². The molecule has 10 heteroatoms. The summed E-state index contributed by atoms with van der Waals surface area (Å²) in [5.41, 5.74) is 7.91. The van der Waals surface area contributed by atoms with Crippen LogP contribution in [0.4, 0.5) is 15.8 Å². The van der Waals surface area contributed by atoms with Gasteiger partial charge in [0, 0.05) is 11.4 Å². The Hall–Kier alpha value is -3.46. The van der Waals surface area contributed by atoms with E-state index in [9.17, 15) is 14.0 Å². The fraction of sp³-hybridized carbons (Fsp3) is 0.158. The number of para-hydroxylation sites is 1. The van der Waals surface area contributed by atoms with Gasteiger partial charge in [-0.15, -0.1) is 0 Å². The lowest BCUT2D eigenvalue weighted by atomic mass is 10.2. The van der Waals surface area contributed by atoms with Crippen LogP contribution in [0.25, 0.3) is 0 Å². The summed E-state index contributed by atoms with van der Waals surface area (Å²) >= 11 is 5.68. The third-order valence-corrected chi connectivity index (χ3v) is 4.32. The first-order valence-electron chi connectivity index (χ1n) is 8.62. The average molecular weight is 417 g/mol. The Labute approximate surface area is 171 Å². The number of nitrogens with two attached hydrogens (primary N) is 1. The molecule has 1 aliphatic rings.